The van der Waals surface area contributed by atoms with Crippen molar-refractivity contribution in [2.75, 3.05) is 12.4 Å². The molecule has 1 rings (SSSR count). The molecule has 0 aliphatic rings. The standard InChI is InChI=1S/C12H16O3S/c1-3-15-11(12(13)14)8-16-10-6-4-5-9(2)7-10/h4-7,11H,3,8H2,1-2H3,(H,13,14). The molecule has 16 heavy (non-hydrogen) atoms. The number of ether oxygens (including phenoxy) is 1. The van der Waals surface area contributed by atoms with E-state index in [1.165, 1.54) is 17.3 Å². The van der Waals surface area contributed by atoms with Crippen molar-refractivity contribution in [3.8, 4) is 0 Å². The summed E-state index contributed by atoms with van der Waals surface area (Å²) in [5.41, 5.74) is 1.17. The second-order valence-electron chi connectivity index (χ2n) is 3.41. The van der Waals surface area contributed by atoms with E-state index in [2.05, 4.69) is 0 Å². The van der Waals surface area contributed by atoms with E-state index in [1.807, 2.05) is 31.2 Å². The van der Waals surface area contributed by atoms with E-state index in [-0.39, 0.29) is 0 Å². The molecule has 0 saturated carbocycles. The summed E-state index contributed by atoms with van der Waals surface area (Å²) in [6, 6.07) is 7.99. The third kappa shape index (κ3) is 4.24. The summed E-state index contributed by atoms with van der Waals surface area (Å²) >= 11 is 1.51. The molecule has 3 nitrogen and oxygen atoms in total. The van der Waals surface area contributed by atoms with Crippen LogP contribution in [0.5, 0.6) is 0 Å². The molecule has 0 amide bonds. The molecule has 0 fully saturated rings. The molecule has 0 saturated heterocycles. The Hall–Kier alpha value is -1.00. The van der Waals surface area contributed by atoms with Crippen LogP contribution in [-0.2, 0) is 9.53 Å². The molecule has 0 spiro atoms. The minimum Gasteiger partial charge on any atom is -0.479 e. The molecule has 1 N–H and O–H groups in total. The number of rotatable bonds is 6. The SMILES string of the molecule is CCOC(CSc1cccc(C)c1)C(=O)O. The molecular weight excluding hydrogens is 224 g/mol. The van der Waals surface area contributed by atoms with E-state index in [9.17, 15) is 4.79 Å². The molecule has 0 aromatic heterocycles. The van der Waals surface area contributed by atoms with Crippen LogP contribution in [0.4, 0.5) is 0 Å². The van der Waals surface area contributed by atoms with Crippen LogP contribution in [0.3, 0.4) is 0 Å². The van der Waals surface area contributed by atoms with Gasteiger partial charge in [-0.15, -0.1) is 11.8 Å². The number of carbonyl (C=O) groups is 1. The van der Waals surface area contributed by atoms with Crippen molar-refractivity contribution in [2.45, 2.75) is 24.8 Å². The van der Waals surface area contributed by atoms with Gasteiger partial charge in [0.25, 0.3) is 0 Å². The summed E-state index contributed by atoms with van der Waals surface area (Å²) in [6.07, 6.45) is -0.726. The first-order valence-corrected chi connectivity index (χ1v) is 6.16. The number of hydrogen-bond acceptors (Lipinski definition) is 3. The molecule has 0 bridgehead atoms. The van der Waals surface area contributed by atoms with Crippen molar-refractivity contribution in [2.24, 2.45) is 0 Å². The molecule has 4 heteroatoms. The number of carboxylic acid groups (broad SMARTS) is 1. The molecule has 1 unspecified atom stereocenters. The van der Waals surface area contributed by atoms with Crippen molar-refractivity contribution < 1.29 is 14.6 Å². The first-order chi connectivity index (χ1) is 7.63. The summed E-state index contributed by atoms with van der Waals surface area (Å²) in [4.78, 5) is 11.9. The Labute approximate surface area is 99.8 Å². The Morgan fingerprint density at radius 2 is 2.31 bits per heavy atom. The number of thioether (sulfide) groups is 1. The summed E-state index contributed by atoms with van der Waals surface area (Å²) < 4.78 is 5.13. The van der Waals surface area contributed by atoms with Gasteiger partial charge in [-0.1, -0.05) is 17.7 Å². The first-order valence-electron chi connectivity index (χ1n) is 5.17. The molecule has 0 aliphatic carbocycles. The van der Waals surface area contributed by atoms with Crippen LogP contribution in [0, 0.1) is 6.92 Å². The zero-order valence-corrected chi connectivity index (χ0v) is 10.3. The second-order valence-corrected chi connectivity index (χ2v) is 4.50. The lowest BCUT2D eigenvalue weighted by Crippen LogP contribution is -2.26. The Kier molecular flexibility index (Phi) is 5.35. The summed E-state index contributed by atoms with van der Waals surface area (Å²) in [5, 5.41) is 8.90. The largest absolute Gasteiger partial charge is 0.479 e. The summed E-state index contributed by atoms with van der Waals surface area (Å²) in [7, 11) is 0. The Morgan fingerprint density at radius 3 is 2.88 bits per heavy atom. The summed E-state index contributed by atoms with van der Waals surface area (Å²) in [6.45, 7) is 4.24. The van der Waals surface area contributed by atoms with E-state index < -0.39 is 12.1 Å². The highest BCUT2D eigenvalue weighted by molar-refractivity contribution is 7.99. The van der Waals surface area contributed by atoms with Crippen molar-refractivity contribution in [1.29, 1.82) is 0 Å². The van der Waals surface area contributed by atoms with Gasteiger partial charge in [0.05, 0.1) is 0 Å². The van der Waals surface area contributed by atoms with Gasteiger partial charge in [-0.2, -0.15) is 0 Å². The predicted molar refractivity (Wildman–Crippen MR) is 65.0 cm³/mol. The molecule has 0 radical (unpaired) electrons. The van der Waals surface area contributed by atoms with E-state index in [4.69, 9.17) is 9.84 Å². The third-order valence-corrected chi connectivity index (χ3v) is 3.09. The summed E-state index contributed by atoms with van der Waals surface area (Å²) in [5.74, 6) is -0.464. The average molecular weight is 240 g/mol. The Bertz CT molecular complexity index is 352. The van der Waals surface area contributed by atoms with Crippen LogP contribution in [0.15, 0.2) is 29.2 Å². The third-order valence-electron chi connectivity index (χ3n) is 2.03. The fourth-order valence-electron chi connectivity index (χ4n) is 1.27. The lowest BCUT2D eigenvalue weighted by molar-refractivity contribution is -0.148. The van der Waals surface area contributed by atoms with Gasteiger partial charge >= 0.3 is 5.97 Å². The van der Waals surface area contributed by atoms with E-state index >= 15 is 0 Å². The fourth-order valence-corrected chi connectivity index (χ4v) is 2.30. The Balaban J connectivity index is 2.51. The van der Waals surface area contributed by atoms with Gasteiger partial charge in [-0.3, -0.25) is 0 Å². The van der Waals surface area contributed by atoms with E-state index in [0.717, 1.165) is 4.90 Å². The first kappa shape index (κ1) is 13.1. The number of aryl methyl sites for hydroxylation is 1. The highest BCUT2D eigenvalue weighted by Crippen LogP contribution is 2.20. The monoisotopic (exact) mass is 240 g/mol. The van der Waals surface area contributed by atoms with Crippen LogP contribution in [0.1, 0.15) is 12.5 Å². The second kappa shape index (κ2) is 6.55. The number of carboxylic acids is 1. The Morgan fingerprint density at radius 1 is 1.56 bits per heavy atom. The van der Waals surface area contributed by atoms with Crippen molar-refractivity contribution >= 4 is 17.7 Å². The van der Waals surface area contributed by atoms with Crippen LogP contribution < -0.4 is 0 Å². The normalized spacial score (nSPS) is 12.4. The van der Waals surface area contributed by atoms with Crippen LogP contribution in [-0.4, -0.2) is 29.5 Å². The van der Waals surface area contributed by atoms with Crippen LogP contribution >= 0.6 is 11.8 Å². The van der Waals surface area contributed by atoms with Crippen LogP contribution in [0.2, 0.25) is 0 Å². The lowest BCUT2D eigenvalue weighted by atomic mass is 10.2. The van der Waals surface area contributed by atoms with Gasteiger partial charge in [0.2, 0.25) is 0 Å². The number of hydrogen-bond donors (Lipinski definition) is 1. The maximum Gasteiger partial charge on any atom is 0.333 e. The van der Waals surface area contributed by atoms with Crippen molar-refractivity contribution in [3.05, 3.63) is 29.8 Å². The zero-order valence-electron chi connectivity index (χ0n) is 9.47. The quantitative estimate of drug-likeness (QED) is 0.776. The number of benzene rings is 1. The van der Waals surface area contributed by atoms with Gasteiger partial charge in [0.15, 0.2) is 6.10 Å². The topological polar surface area (TPSA) is 46.5 Å². The van der Waals surface area contributed by atoms with Gasteiger partial charge in [-0.05, 0) is 26.0 Å². The average Bonchev–Trinajstić information content (AvgIpc) is 2.24. The van der Waals surface area contributed by atoms with Crippen LogP contribution in [0.25, 0.3) is 0 Å². The molecule has 0 aliphatic heterocycles. The molecule has 0 heterocycles. The number of aliphatic carboxylic acids is 1. The highest BCUT2D eigenvalue weighted by Gasteiger charge is 2.17. The van der Waals surface area contributed by atoms with Gasteiger partial charge in [0, 0.05) is 17.3 Å². The minimum absolute atomic E-state index is 0.422. The molecule has 1 aromatic carbocycles. The lowest BCUT2D eigenvalue weighted by Gasteiger charge is -2.11. The maximum atomic E-state index is 10.8. The highest BCUT2D eigenvalue weighted by atomic mass is 32.2. The maximum absolute atomic E-state index is 10.8. The zero-order chi connectivity index (χ0) is 12.0. The van der Waals surface area contributed by atoms with E-state index in [0.29, 0.717) is 12.4 Å². The molecule has 88 valence electrons. The molecule has 1 atom stereocenters. The van der Waals surface area contributed by atoms with Crippen molar-refractivity contribution in [3.63, 3.8) is 0 Å². The van der Waals surface area contributed by atoms with Crippen molar-refractivity contribution in [1.82, 2.24) is 0 Å². The van der Waals surface area contributed by atoms with E-state index in [1.54, 1.807) is 6.92 Å². The minimum atomic E-state index is -0.901. The van der Waals surface area contributed by atoms with Gasteiger partial charge in [0.1, 0.15) is 0 Å². The van der Waals surface area contributed by atoms with Gasteiger partial charge < -0.3 is 9.84 Å². The van der Waals surface area contributed by atoms with Gasteiger partial charge in [-0.25, -0.2) is 4.79 Å². The predicted octanol–water partition coefficient (Wildman–Crippen LogP) is 2.58. The molecule has 1 aromatic rings. The fraction of sp³-hybridized carbons (Fsp3) is 0.417. The smallest absolute Gasteiger partial charge is 0.333 e. The molecular formula is C12H16O3S.